The molecule has 134 valence electrons. The van der Waals surface area contributed by atoms with Gasteiger partial charge < -0.3 is 9.47 Å². The standard InChI is InChI=1S/C20H24O3S2/c21-20(19-9-5-2-6-10-19)23-13-16-24-14-11-22-12-15-25-17-18-7-3-1-4-8-18/h1-10H,11-17H2. The van der Waals surface area contributed by atoms with E-state index in [4.69, 9.17) is 9.47 Å². The summed E-state index contributed by atoms with van der Waals surface area (Å²) in [5.41, 5.74) is 1.96. The number of carbonyl (C=O) groups excluding carboxylic acids is 1. The molecule has 0 aromatic heterocycles. The smallest absolute Gasteiger partial charge is 0.338 e. The van der Waals surface area contributed by atoms with Crippen LogP contribution in [0.25, 0.3) is 0 Å². The van der Waals surface area contributed by atoms with E-state index < -0.39 is 0 Å². The van der Waals surface area contributed by atoms with Crippen LogP contribution >= 0.6 is 23.5 Å². The lowest BCUT2D eigenvalue weighted by molar-refractivity contribution is 0.0530. The fraction of sp³-hybridized carbons (Fsp3) is 0.350. The second-order valence-electron chi connectivity index (χ2n) is 5.26. The molecule has 0 aliphatic rings. The van der Waals surface area contributed by atoms with Crippen LogP contribution in [0.3, 0.4) is 0 Å². The summed E-state index contributed by atoms with van der Waals surface area (Å²) in [4.78, 5) is 11.7. The Labute approximate surface area is 158 Å². The van der Waals surface area contributed by atoms with E-state index in [-0.39, 0.29) is 5.97 Å². The van der Waals surface area contributed by atoms with Crippen LogP contribution in [-0.2, 0) is 15.2 Å². The van der Waals surface area contributed by atoms with Gasteiger partial charge in [-0.05, 0) is 17.7 Å². The highest BCUT2D eigenvalue weighted by atomic mass is 32.2. The summed E-state index contributed by atoms with van der Waals surface area (Å²) in [5.74, 6) is 3.50. The average molecular weight is 377 g/mol. The van der Waals surface area contributed by atoms with Gasteiger partial charge in [0.05, 0.1) is 18.8 Å². The van der Waals surface area contributed by atoms with Gasteiger partial charge in [-0.1, -0.05) is 48.5 Å². The van der Waals surface area contributed by atoms with E-state index in [0.717, 1.165) is 36.2 Å². The highest BCUT2D eigenvalue weighted by Crippen LogP contribution is 2.11. The maximum Gasteiger partial charge on any atom is 0.338 e. The zero-order valence-electron chi connectivity index (χ0n) is 14.3. The summed E-state index contributed by atoms with van der Waals surface area (Å²) in [7, 11) is 0. The van der Waals surface area contributed by atoms with E-state index >= 15 is 0 Å². The van der Waals surface area contributed by atoms with Crippen LogP contribution in [-0.4, -0.2) is 43.0 Å². The van der Waals surface area contributed by atoms with Gasteiger partial charge in [-0.25, -0.2) is 4.79 Å². The predicted molar refractivity (Wildman–Crippen MR) is 107 cm³/mol. The van der Waals surface area contributed by atoms with Crippen molar-refractivity contribution in [3.05, 3.63) is 71.8 Å². The molecule has 25 heavy (non-hydrogen) atoms. The molecule has 0 saturated carbocycles. The van der Waals surface area contributed by atoms with E-state index in [1.165, 1.54) is 5.56 Å². The van der Waals surface area contributed by atoms with Crippen molar-refractivity contribution < 1.29 is 14.3 Å². The van der Waals surface area contributed by atoms with Gasteiger partial charge in [0, 0.05) is 23.0 Å². The minimum Gasteiger partial charge on any atom is -0.461 e. The van der Waals surface area contributed by atoms with Crippen LogP contribution in [0.15, 0.2) is 60.7 Å². The van der Waals surface area contributed by atoms with Crippen molar-refractivity contribution >= 4 is 29.5 Å². The van der Waals surface area contributed by atoms with Crippen LogP contribution in [0.5, 0.6) is 0 Å². The monoisotopic (exact) mass is 376 g/mol. The molecular formula is C20H24O3S2. The third-order valence-corrected chi connectivity index (χ3v) is 5.23. The Hall–Kier alpha value is -1.43. The molecule has 0 unspecified atom stereocenters. The summed E-state index contributed by atoms with van der Waals surface area (Å²) in [5, 5.41) is 0. The van der Waals surface area contributed by atoms with Crippen molar-refractivity contribution in [1.82, 2.24) is 0 Å². The van der Waals surface area contributed by atoms with E-state index in [2.05, 4.69) is 24.3 Å². The highest BCUT2D eigenvalue weighted by Gasteiger charge is 2.04. The largest absolute Gasteiger partial charge is 0.461 e. The zero-order valence-corrected chi connectivity index (χ0v) is 15.9. The normalized spacial score (nSPS) is 10.6. The minimum absolute atomic E-state index is 0.257. The van der Waals surface area contributed by atoms with Crippen LogP contribution in [0, 0.1) is 0 Å². The van der Waals surface area contributed by atoms with Gasteiger partial charge in [-0.15, -0.1) is 0 Å². The van der Waals surface area contributed by atoms with E-state index in [0.29, 0.717) is 12.2 Å². The Bertz CT molecular complexity index is 590. The molecule has 0 bridgehead atoms. The molecule has 0 amide bonds. The first kappa shape index (κ1) is 19.9. The Kier molecular flexibility index (Phi) is 10.2. The number of ether oxygens (including phenoxy) is 2. The van der Waals surface area contributed by atoms with Crippen LogP contribution in [0.1, 0.15) is 15.9 Å². The molecule has 0 aliphatic carbocycles. The first-order valence-corrected chi connectivity index (χ1v) is 10.7. The fourth-order valence-electron chi connectivity index (χ4n) is 2.05. The second-order valence-corrected chi connectivity index (χ2v) is 7.59. The molecule has 0 spiro atoms. The number of esters is 1. The van der Waals surface area contributed by atoms with Crippen molar-refractivity contribution in [2.45, 2.75) is 5.75 Å². The van der Waals surface area contributed by atoms with Crippen molar-refractivity contribution in [3.8, 4) is 0 Å². The molecule has 0 saturated heterocycles. The molecule has 2 aromatic rings. The maximum atomic E-state index is 11.7. The van der Waals surface area contributed by atoms with Gasteiger partial charge in [-0.2, -0.15) is 23.5 Å². The van der Waals surface area contributed by atoms with Crippen LogP contribution in [0.2, 0.25) is 0 Å². The molecule has 0 N–H and O–H groups in total. The number of benzene rings is 2. The molecule has 2 rings (SSSR count). The van der Waals surface area contributed by atoms with Gasteiger partial charge in [0.25, 0.3) is 0 Å². The fourth-order valence-corrected chi connectivity index (χ4v) is 3.50. The SMILES string of the molecule is O=C(OCCSCCOCCSCc1ccccc1)c1ccccc1. The van der Waals surface area contributed by atoms with E-state index in [9.17, 15) is 4.79 Å². The molecule has 2 aromatic carbocycles. The molecule has 0 radical (unpaired) electrons. The highest BCUT2D eigenvalue weighted by molar-refractivity contribution is 7.99. The van der Waals surface area contributed by atoms with Gasteiger partial charge in [0.15, 0.2) is 0 Å². The first-order chi connectivity index (χ1) is 12.4. The minimum atomic E-state index is -0.257. The molecule has 0 heterocycles. The summed E-state index contributed by atoms with van der Waals surface area (Å²) in [6, 6.07) is 19.6. The first-order valence-electron chi connectivity index (χ1n) is 8.35. The second kappa shape index (κ2) is 12.9. The topological polar surface area (TPSA) is 35.5 Å². The maximum absolute atomic E-state index is 11.7. The Morgan fingerprint density at radius 3 is 2.08 bits per heavy atom. The number of carbonyl (C=O) groups is 1. The molecule has 0 atom stereocenters. The van der Waals surface area contributed by atoms with E-state index in [1.807, 2.05) is 36.0 Å². The Balaban J connectivity index is 1.37. The number of hydrogen-bond donors (Lipinski definition) is 0. The lowest BCUT2D eigenvalue weighted by atomic mass is 10.2. The van der Waals surface area contributed by atoms with Crippen LogP contribution in [0.4, 0.5) is 0 Å². The van der Waals surface area contributed by atoms with Gasteiger partial charge >= 0.3 is 5.97 Å². The summed E-state index contributed by atoms with van der Waals surface area (Å²) in [6.45, 7) is 1.95. The molecule has 0 aliphatic heterocycles. The molecule has 5 heteroatoms. The molecule has 0 fully saturated rings. The quantitative estimate of drug-likeness (QED) is 0.402. The van der Waals surface area contributed by atoms with Crippen molar-refractivity contribution in [2.24, 2.45) is 0 Å². The third kappa shape index (κ3) is 9.00. The van der Waals surface area contributed by atoms with Crippen molar-refractivity contribution in [2.75, 3.05) is 37.1 Å². The van der Waals surface area contributed by atoms with Crippen molar-refractivity contribution in [1.29, 1.82) is 0 Å². The van der Waals surface area contributed by atoms with Gasteiger partial charge in [0.2, 0.25) is 0 Å². The molecular weight excluding hydrogens is 352 g/mol. The lowest BCUT2D eigenvalue weighted by Crippen LogP contribution is -2.08. The summed E-state index contributed by atoms with van der Waals surface area (Å²) in [6.07, 6.45) is 0. The van der Waals surface area contributed by atoms with E-state index in [1.54, 1.807) is 23.9 Å². The Morgan fingerprint density at radius 2 is 1.36 bits per heavy atom. The Morgan fingerprint density at radius 1 is 0.760 bits per heavy atom. The predicted octanol–water partition coefficient (Wildman–Crippen LogP) is 4.53. The van der Waals surface area contributed by atoms with Gasteiger partial charge in [0.1, 0.15) is 6.61 Å². The zero-order chi connectivity index (χ0) is 17.6. The number of thioether (sulfide) groups is 2. The molecule has 3 nitrogen and oxygen atoms in total. The van der Waals surface area contributed by atoms with Crippen LogP contribution < -0.4 is 0 Å². The lowest BCUT2D eigenvalue weighted by Gasteiger charge is -2.06. The number of rotatable bonds is 12. The summed E-state index contributed by atoms with van der Waals surface area (Å²) < 4.78 is 10.8. The number of hydrogen-bond acceptors (Lipinski definition) is 5. The van der Waals surface area contributed by atoms with Crippen molar-refractivity contribution in [3.63, 3.8) is 0 Å². The summed E-state index contributed by atoms with van der Waals surface area (Å²) >= 11 is 3.63. The van der Waals surface area contributed by atoms with Gasteiger partial charge in [-0.3, -0.25) is 0 Å². The third-order valence-electron chi connectivity index (χ3n) is 3.33. The average Bonchev–Trinajstić information content (AvgIpc) is 2.67.